The number of para-hydroxylation sites is 5. The Morgan fingerprint density at radius 3 is 1.19 bits per heavy atom. The molecule has 17 aromatic rings. The smallest absolute Gasteiger partial charge is 0.252 e. The topological polar surface area (TPSA) is 79.2 Å². The van der Waals surface area contributed by atoms with Gasteiger partial charge in [0.1, 0.15) is 0 Å². The Bertz CT molecular complexity index is 5490. The van der Waals surface area contributed by atoms with E-state index in [4.69, 9.17) is 24.9 Å². The fourth-order valence-corrected chi connectivity index (χ4v) is 14.5. The minimum atomic E-state index is 0.0447. The number of aromatic nitrogens is 8. The largest absolute Gasteiger partial charge is 0.310 e. The summed E-state index contributed by atoms with van der Waals surface area (Å²) in [5.41, 5.74) is 23.8. The Hall–Kier alpha value is -11.8. The molecule has 406 valence electrons. The quantitative estimate of drug-likeness (QED) is 0.142. The summed E-state index contributed by atoms with van der Waals surface area (Å²) in [7, 11) is 0. The SMILES string of the molecule is c1ccc(-c2cc(-c3ccccc3)nc(-c3ccc(-n4c5ccccc5c5cc(-c6cc7c8c(c6)-n6c9ccccc9c9cccc(c96)B8c6cccc8c9ccccc9n-7c68)ccc54)c(-c4nc(-c5ccccc5)nc(-c5ccccc5)n4)c3)n2)cc1. The minimum Gasteiger partial charge on any atom is -0.310 e. The van der Waals surface area contributed by atoms with E-state index in [2.05, 4.69) is 250 Å². The molecule has 0 N–H and O–H groups in total. The van der Waals surface area contributed by atoms with Crippen molar-refractivity contribution < 1.29 is 0 Å². The van der Waals surface area contributed by atoms with Gasteiger partial charge in [0.05, 0.1) is 39.1 Å². The van der Waals surface area contributed by atoms with Gasteiger partial charge < -0.3 is 13.7 Å². The van der Waals surface area contributed by atoms with Gasteiger partial charge >= 0.3 is 0 Å². The van der Waals surface area contributed by atoms with Crippen LogP contribution in [-0.4, -0.2) is 45.3 Å². The van der Waals surface area contributed by atoms with E-state index < -0.39 is 0 Å². The molecule has 0 saturated carbocycles. The molecule has 5 aromatic heterocycles. The van der Waals surface area contributed by atoms with Crippen LogP contribution in [0.4, 0.5) is 0 Å². The second kappa shape index (κ2) is 18.8. The van der Waals surface area contributed by atoms with E-state index in [0.29, 0.717) is 23.3 Å². The molecular formula is C79H47BN8. The Balaban J connectivity index is 0.860. The maximum absolute atomic E-state index is 5.42. The van der Waals surface area contributed by atoms with E-state index in [1.54, 1.807) is 0 Å². The Morgan fingerprint density at radius 1 is 0.239 bits per heavy atom. The summed E-state index contributed by atoms with van der Waals surface area (Å²) in [4.78, 5) is 26.7. The second-order valence-electron chi connectivity index (χ2n) is 23.1. The van der Waals surface area contributed by atoms with Crippen LogP contribution in [0.1, 0.15) is 0 Å². The van der Waals surface area contributed by atoms with Gasteiger partial charge in [0.25, 0.3) is 6.71 Å². The maximum Gasteiger partial charge on any atom is 0.252 e. The normalized spacial score (nSPS) is 12.3. The number of rotatable bonds is 8. The summed E-state index contributed by atoms with van der Waals surface area (Å²) < 4.78 is 7.51. The highest BCUT2D eigenvalue weighted by atomic mass is 15.1. The average Bonchev–Trinajstić information content (AvgIpc) is 1.46. The van der Waals surface area contributed by atoms with Crippen LogP contribution in [0, 0.1) is 0 Å². The third-order valence-electron chi connectivity index (χ3n) is 18.3. The molecule has 19 rings (SSSR count). The summed E-state index contributed by atoms with van der Waals surface area (Å²) in [6.07, 6.45) is 0. The van der Waals surface area contributed by atoms with Gasteiger partial charge in [-0.2, -0.15) is 0 Å². The first kappa shape index (κ1) is 48.6. The van der Waals surface area contributed by atoms with Crippen LogP contribution >= 0.6 is 0 Å². The number of hydrogen-bond acceptors (Lipinski definition) is 5. The molecule has 0 radical (unpaired) electrons. The predicted molar refractivity (Wildman–Crippen MR) is 361 cm³/mol. The lowest BCUT2D eigenvalue weighted by molar-refractivity contribution is 1.06. The zero-order valence-electron chi connectivity index (χ0n) is 47.3. The minimum absolute atomic E-state index is 0.0447. The third-order valence-corrected chi connectivity index (χ3v) is 18.3. The van der Waals surface area contributed by atoms with E-state index in [0.717, 1.165) is 83.4 Å². The highest BCUT2D eigenvalue weighted by molar-refractivity contribution is 7.00. The molecule has 12 aromatic carbocycles. The van der Waals surface area contributed by atoms with Gasteiger partial charge in [0.2, 0.25) is 0 Å². The molecule has 0 fully saturated rings. The zero-order chi connectivity index (χ0) is 57.6. The third kappa shape index (κ3) is 7.19. The first-order valence-electron chi connectivity index (χ1n) is 29.9. The van der Waals surface area contributed by atoms with Gasteiger partial charge in [-0.1, -0.05) is 218 Å². The number of benzene rings is 12. The van der Waals surface area contributed by atoms with Crippen LogP contribution in [0.2, 0.25) is 0 Å². The molecule has 0 saturated heterocycles. The molecule has 0 bridgehead atoms. The van der Waals surface area contributed by atoms with Gasteiger partial charge in [-0.15, -0.1) is 0 Å². The van der Waals surface area contributed by atoms with Crippen molar-refractivity contribution >= 4 is 88.5 Å². The molecule has 8 nitrogen and oxygen atoms in total. The molecule has 88 heavy (non-hydrogen) atoms. The van der Waals surface area contributed by atoms with E-state index in [1.165, 1.54) is 71.4 Å². The van der Waals surface area contributed by atoms with Crippen LogP contribution in [-0.2, 0) is 0 Å². The standard InChI is InChI=1S/C79H47BN8/c1-5-21-48(22-6-1)64-47-65(49-23-7-2-8-24-49)82-78(81-64)53-40-42-70(61(44-53)79-84-76(50-25-9-3-10-26-50)83-77(85-79)51-27-11-4-12-28-51)86-66-36-16-15-31-57(66)60-43-52(39-41-69(60)86)54-45-71-73-72(46-54)88-68-38-18-14-30-56(68)59-33-20-35-63(75(59)88)80(73)62-34-19-32-58-55-29-13-17-37-67(55)87(71)74(58)62/h1-47H. The number of nitrogens with zero attached hydrogens (tertiary/aromatic N) is 8. The van der Waals surface area contributed by atoms with Crippen molar-refractivity contribution in [2.45, 2.75) is 0 Å². The van der Waals surface area contributed by atoms with Crippen LogP contribution in [0.5, 0.6) is 0 Å². The van der Waals surface area contributed by atoms with Gasteiger partial charge in [0, 0.05) is 88.1 Å². The summed E-state index contributed by atoms with van der Waals surface area (Å²) in [6.45, 7) is 0.0447. The molecule has 0 unspecified atom stereocenters. The monoisotopic (exact) mass is 1120 g/mol. The molecule has 7 heterocycles. The Labute approximate surface area is 505 Å². The van der Waals surface area contributed by atoms with Gasteiger partial charge in [0.15, 0.2) is 23.3 Å². The lowest BCUT2D eigenvalue weighted by Gasteiger charge is -2.34. The van der Waals surface area contributed by atoms with Crippen LogP contribution < -0.4 is 16.4 Å². The number of fused-ring (bicyclic) bond motifs is 13. The number of hydrogen-bond donors (Lipinski definition) is 0. The fraction of sp³-hybridized carbons (Fsp3) is 0. The fourth-order valence-electron chi connectivity index (χ4n) is 14.5. The lowest BCUT2D eigenvalue weighted by atomic mass is 9.34. The van der Waals surface area contributed by atoms with Gasteiger partial charge in [-0.05, 0) is 94.2 Å². The van der Waals surface area contributed by atoms with Crippen molar-refractivity contribution in [1.82, 2.24) is 38.6 Å². The first-order valence-corrected chi connectivity index (χ1v) is 29.9. The Morgan fingerprint density at radius 2 is 0.659 bits per heavy atom. The van der Waals surface area contributed by atoms with Gasteiger partial charge in [-0.3, -0.25) is 0 Å². The molecule has 0 aliphatic carbocycles. The Kier molecular flexibility index (Phi) is 10.4. The summed E-state index contributed by atoms with van der Waals surface area (Å²) in [5.74, 6) is 2.26. The maximum atomic E-state index is 5.42. The molecular weight excluding hydrogens is 1070 g/mol. The lowest BCUT2D eigenvalue weighted by Crippen LogP contribution is -2.59. The van der Waals surface area contributed by atoms with Crippen LogP contribution in [0.15, 0.2) is 285 Å². The highest BCUT2D eigenvalue weighted by Gasteiger charge is 2.41. The summed E-state index contributed by atoms with van der Waals surface area (Å²) in [5, 5.41) is 7.34. The average molecular weight is 1120 g/mol. The second-order valence-corrected chi connectivity index (χ2v) is 23.1. The molecule has 0 atom stereocenters. The summed E-state index contributed by atoms with van der Waals surface area (Å²) in [6, 6.07) is 102. The van der Waals surface area contributed by atoms with Gasteiger partial charge in [-0.25, -0.2) is 24.9 Å². The van der Waals surface area contributed by atoms with E-state index >= 15 is 0 Å². The van der Waals surface area contributed by atoms with Crippen molar-refractivity contribution in [3.63, 3.8) is 0 Å². The molecule has 0 spiro atoms. The van der Waals surface area contributed by atoms with Crippen LogP contribution in [0.3, 0.4) is 0 Å². The van der Waals surface area contributed by atoms with Crippen molar-refractivity contribution in [3.8, 4) is 96.3 Å². The molecule has 0 amide bonds. The highest BCUT2D eigenvalue weighted by Crippen LogP contribution is 2.44. The predicted octanol–water partition coefficient (Wildman–Crippen LogP) is 16.8. The first-order chi connectivity index (χ1) is 43.6. The molecule has 9 heteroatoms. The summed E-state index contributed by atoms with van der Waals surface area (Å²) >= 11 is 0. The van der Waals surface area contributed by atoms with Crippen molar-refractivity contribution in [1.29, 1.82) is 0 Å². The van der Waals surface area contributed by atoms with E-state index in [-0.39, 0.29) is 6.71 Å². The van der Waals surface area contributed by atoms with Crippen molar-refractivity contribution in [3.05, 3.63) is 285 Å². The van der Waals surface area contributed by atoms with Crippen molar-refractivity contribution in [2.24, 2.45) is 0 Å². The molecule has 2 aliphatic heterocycles. The van der Waals surface area contributed by atoms with E-state index in [9.17, 15) is 0 Å². The molecule has 2 aliphatic rings. The van der Waals surface area contributed by atoms with E-state index in [1.807, 2.05) is 48.5 Å². The van der Waals surface area contributed by atoms with Crippen molar-refractivity contribution in [2.75, 3.05) is 0 Å². The zero-order valence-corrected chi connectivity index (χ0v) is 47.3. The van der Waals surface area contributed by atoms with Crippen LogP contribution in [0.25, 0.3) is 162 Å².